The van der Waals surface area contributed by atoms with Crippen LogP contribution in [0, 0.1) is 0 Å². The Hall–Kier alpha value is -1.98. The molecule has 1 unspecified atom stereocenters. The van der Waals surface area contributed by atoms with Crippen LogP contribution < -0.4 is 10.5 Å². The van der Waals surface area contributed by atoms with Crippen molar-refractivity contribution in [1.82, 2.24) is 0 Å². The van der Waals surface area contributed by atoms with Crippen LogP contribution in [0.3, 0.4) is 0 Å². The lowest BCUT2D eigenvalue weighted by molar-refractivity contribution is -0.0498. The molecule has 3 aromatic rings. The first-order chi connectivity index (χ1) is 10.1. The van der Waals surface area contributed by atoms with E-state index >= 15 is 0 Å². The third-order valence-electron chi connectivity index (χ3n) is 3.31. The largest absolute Gasteiger partial charge is 0.435 e. The molecule has 1 atom stereocenters. The Kier molecular flexibility index (Phi) is 3.86. The Labute approximate surface area is 124 Å². The van der Waals surface area contributed by atoms with Gasteiger partial charge in [0.05, 0.1) is 6.04 Å². The van der Waals surface area contributed by atoms with E-state index in [0.29, 0.717) is 0 Å². The van der Waals surface area contributed by atoms with E-state index in [1.807, 2.05) is 23.6 Å². The van der Waals surface area contributed by atoms with Gasteiger partial charge in [-0.1, -0.05) is 30.3 Å². The van der Waals surface area contributed by atoms with Gasteiger partial charge in [0.1, 0.15) is 5.75 Å². The zero-order valence-electron chi connectivity index (χ0n) is 11.0. The first-order valence-corrected chi connectivity index (χ1v) is 7.29. The molecule has 1 aromatic heterocycles. The van der Waals surface area contributed by atoms with Gasteiger partial charge in [0.15, 0.2) is 0 Å². The third kappa shape index (κ3) is 2.89. The quantitative estimate of drug-likeness (QED) is 0.767. The van der Waals surface area contributed by atoms with Gasteiger partial charge < -0.3 is 10.5 Å². The molecular formula is C16H13F2NOS. The molecule has 0 bridgehead atoms. The summed E-state index contributed by atoms with van der Waals surface area (Å²) in [7, 11) is 0. The fraction of sp³-hybridized carbons (Fsp3) is 0.125. The Morgan fingerprint density at radius 2 is 1.71 bits per heavy atom. The van der Waals surface area contributed by atoms with Crippen molar-refractivity contribution in [3.63, 3.8) is 0 Å². The molecule has 0 aliphatic carbocycles. The second-order valence-corrected chi connectivity index (χ2v) is 5.52. The van der Waals surface area contributed by atoms with Gasteiger partial charge in [0.2, 0.25) is 0 Å². The van der Waals surface area contributed by atoms with Crippen LogP contribution in [0.5, 0.6) is 5.75 Å². The lowest BCUT2D eigenvalue weighted by Gasteiger charge is -2.12. The molecule has 2 nitrogen and oxygen atoms in total. The molecule has 0 spiro atoms. The Morgan fingerprint density at radius 1 is 1.00 bits per heavy atom. The van der Waals surface area contributed by atoms with E-state index in [9.17, 15) is 8.78 Å². The average molecular weight is 305 g/mol. The van der Waals surface area contributed by atoms with Crippen molar-refractivity contribution in [3.05, 3.63) is 65.0 Å². The summed E-state index contributed by atoms with van der Waals surface area (Å²) in [6.07, 6.45) is 0. The van der Waals surface area contributed by atoms with Crippen molar-refractivity contribution in [1.29, 1.82) is 0 Å². The van der Waals surface area contributed by atoms with E-state index in [4.69, 9.17) is 5.73 Å². The molecule has 0 saturated heterocycles. The molecule has 2 N–H and O–H groups in total. The lowest BCUT2D eigenvalue weighted by Crippen LogP contribution is -2.11. The third-order valence-corrected chi connectivity index (χ3v) is 4.29. The zero-order chi connectivity index (χ0) is 14.8. The fourth-order valence-corrected chi connectivity index (χ4v) is 3.27. The molecule has 108 valence electrons. The van der Waals surface area contributed by atoms with Crippen LogP contribution in [-0.2, 0) is 0 Å². The summed E-state index contributed by atoms with van der Waals surface area (Å²) in [5.74, 6) is 0.135. The number of thiophene rings is 1. The van der Waals surface area contributed by atoms with Crippen LogP contribution in [-0.4, -0.2) is 6.61 Å². The molecule has 0 radical (unpaired) electrons. The van der Waals surface area contributed by atoms with Gasteiger partial charge in [0, 0.05) is 4.70 Å². The molecule has 0 aliphatic heterocycles. The second kappa shape index (κ2) is 5.79. The predicted octanol–water partition coefficient (Wildman–Crippen LogP) is 4.55. The van der Waals surface area contributed by atoms with Crippen molar-refractivity contribution >= 4 is 21.4 Å². The Balaban J connectivity index is 1.89. The summed E-state index contributed by atoms with van der Waals surface area (Å²) in [4.78, 5) is 0. The zero-order valence-corrected chi connectivity index (χ0v) is 11.8. The van der Waals surface area contributed by atoms with Crippen molar-refractivity contribution in [2.75, 3.05) is 0 Å². The monoisotopic (exact) mass is 305 g/mol. The number of rotatable bonds is 4. The highest BCUT2D eigenvalue weighted by atomic mass is 32.1. The molecule has 2 aromatic carbocycles. The molecule has 0 fully saturated rings. The smallest absolute Gasteiger partial charge is 0.387 e. The fourth-order valence-electron chi connectivity index (χ4n) is 2.28. The van der Waals surface area contributed by atoms with Crippen LogP contribution in [0.25, 0.3) is 10.1 Å². The van der Waals surface area contributed by atoms with Crippen LogP contribution in [0.2, 0.25) is 0 Å². The number of fused-ring (bicyclic) bond motifs is 1. The molecule has 0 amide bonds. The molecular weight excluding hydrogens is 292 g/mol. The maximum Gasteiger partial charge on any atom is 0.387 e. The minimum atomic E-state index is -2.81. The van der Waals surface area contributed by atoms with Crippen molar-refractivity contribution in [2.24, 2.45) is 5.73 Å². The number of halogens is 2. The summed E-state index contributed by atoms with van der Waals surface area (Å²) >= 11 is 1.64. The van der Waals surface area contributed by atoms with Crippen LogP contribution in [0.15, 0.2) is 53.9 Å². The number of hydrogen-bond donors (Lipinski definition) is 1. The highest BCUT2D eigenvalue weighted by Crippen LogP contribution is 2.32. The summed E-state index contributed by atoms with van der Waals surface area (Å²) in [6, 6.07) is 14.2. The Bertz CT molecular complexity index is 739. The van der Waals surface area contributed by atoms with E-state index in [1.54, 1.807) is 23.5 Å². The number of benzene rings is 2. The molecule has 0 aliphatic rings. The summed E-state index contributed by atoms with van der Waals surface area (Å²) in [5.41, 5.74) is 8.20. The van der Waals surface area contributed by atoms with Crippen LogP contribution >= 0.6 is 11.3 Å². The maximum absolute atomic E-state index is 12.1. The van der Waals surface area contributed by atoms with Crippen molar-refractivity contribution < 1.29 is 13.5 Å². The normalized spacial score (nSPS) is 12.8. The minimum Gasteiger partial charge on any atom is -0.435 e. The van der Waals surface area contributed by atoms with Crippen molar-refractivity contribution in [3.8, 4) is 5.75 Å². The lowest BCUT2D eigenvalue weighted by atomic mass is 9.99. The highest BCUT2D eigenvalue weighted by molar-refractivity contribution is 7.17. The van der Waals surface area contributed by atoms with Gasteiger partial charge in [-0.2, -0.15) is 8.78 Å². The van der Waals surface area contributed by atoms with Crippen molar-refractivity contribution in [2.45, 2.75) is 12.7 Å². The first-order valence-electron chi connectivity index (χ1n) is 6.41. The molecule has 3 rings (SSSR count). The number of ether oxygens (including phenoxy) is 1. The van der Waals surface area contributed by atoms with Gasteiger partial charge in [-0.25, -0.2) is 0 Å². The molecule has 5 heteroatoms. The van der Waals surface area contributed by atoms with Gasteiger partial charge in [-0.15, -0.1) is 11.3 Å². The summed E-state index contributed by atoms with van der Waals surface area (Å²) < 4.78 is 29.8. The summed E-state index contributed by atoms with van der Waals surface area (Å²) in [5, 5.41) is 3.17. The SMILES string of the molecule is NC(c1ccc(OC(F)F)cc1)c1csc2ccccc12. The molecule has 1 heterocycles. The standard InChI is InChI=1S/C16H13F2NOS/c17-16(18)20-11-7-5-10(6-8-11)15(19)13-9-21-14-4-2-1-3-12(13)14/h1-9,15-16H,19H2. The minimum absolute atomic E-state index is 0.135. The van der Waals surface area contributed by atoms with Crippen LogP contribution in [0.1, 0.15) is 17.2 Å². The van der Waals surface area contributed by atoms with E-state index in [0.717, 1.165) is 16.5 Å². The number of nitrogens with two attached hydrogens (primary N) is 1. The van der Waals surface area contributed by atoms with Gasteiger partial charge in [0.25, 0.3) is 0 Å². The number of hydrogen-bond acceptors (Lipinski definition) is 3. The van der Waals surface area contributed by atoms with Gasteiger partial charge >= 0.3 is 6.61 Å². The van der Waals surface area contributed by atoms with E-state index in [1.165, 1.54) is 16.8 Å². The topological polar surface area (TPSA) is 35.2 Å². The van der Waals surface area contributed by atoms with Gasteiger partial charge in [-0.05, 0) is 40.1 Å². The van der Waals surface area contributed by atoms with E-state index in [2.05, 4.69) is 10.8 Å². The Morgan fingerprint density at radius 3 is 2.43 bits per heavy atom. The van der Waals surface area contributed by atoms with Gasteiger partial charge in [-0.3, -0.25) is 0 Å². The first kappa shape index (κ1) is 14.0. The van der Waals surface area contributed by atoms with E-state index in [-0.39, 0.29) is 11.8 Å². The highest BCUT2D eigenvalue weighted by Gasteiger charge is 2.14. The number of alkyl halides is 2. The maximum atomic E-state index is 12.1. The predicted molar refractivity (Wildman–Crippen MR) is 80.9 cm³/mol. The molecule has 21 heavy (non-hydrogen) atoms. The average Bonchev–Trinajstić information content (AvgIpc) is 2.90. The second-order valence-electron chi connectivity index (χ2n) is 4.61. The summed E-state index contributed by atoms with van der Waals surface area (Å²) in [6.45, 7) is -2.81. The van der Waals surface area contributed by atoms with Crippen LogP contribution in [0.4, 0.5) is 8.78 Å². The molecule has 0 saturated carbocycles. The van der Waals surface area contributed by atoms with E-state index < -0.39 is 6.61 Å².